The molecule has 0 aliphatic carbocycles. The number of nitrogens with one attached hydrogen (secondary N) is 1. The predicted octanol–water partition coefficient (Wildman–Crippen LogP) is 5.12. The summed E-state index contributed by atoms with van der Waals surface area (Å²) in [6.07, 6.45) is 2.01. The van der Waals surface area contributed by atoms with Crippen LogP contribution in [-0.4, -0.2) is 29.4 Å². The van der Waals surface area contributed by atoms with E-state index in [2.05, 4.69) is 53.9 Å². The van der Waals surface area contributed by atoms with Crippen LogP contribution < -0.4 is 15.0 Å². The Bertz CT molecular complexity index is 826. The Morgan fingerprint density at radius 2 is 2.15 bits per heavy atom. The number of benzene rings is 1. The largest absolute Gasteiger partial charge is 0.573 e. The lowest BCUT2D eigenvalue weighted by Gasteiger charge is -2.26. The quantitative estimate of drug-likeness (QED) is 0.715. The summed E-state index contributed by atoms with van der Waals surface area (Å²) >= 11 is 3.08. The Morgan fingerprint density at radius 1 is 1.35 bits per heavy atom. The maximum Gasteiger partial charge on any atom is 0.573 e. The van der Waals surface area contributed by atoms with E-state index in [1.807, 2.05) is 6.08 Å². The van der Waals surface area contributed by atoms with E-state index in [9.17, 15) is 13.2 Å². The molecule has 0 fully saturated rings. The SMILES string of the molecule is CCCN1CC=Cc2cnc(Nc3ccc(OC(F)(F)F)c(Br)c3)nc21. The van der Waals surface area contributed by atoms with Crippen molar-refractivity contribution < 1.29 is 17.9 Å². The molecule has 0 amide bonds. The fraction of sp³-hybridized carbons (Fsp3) is 0.294. The highest BCUT2D eigenvalue weighted by molar-refractivity contribution is 9.10. The molecule has 0 saturated carbocycles. The Hall–Kier alpha value is -2.29. The van der Waals surface area contributed by atoms with Gasteiger partial charge in [0.05, 0.1) is 4.47 Å². The van der Waals surface area contributed by atoms with E-state index in [4.69, 9.17) is 0 Å². The average Bonchev–Trinajstić information content (AvgIpc) is 2.57. The number of anilines is 3. The molecule has 0 radical (unpaired) electrons. The second kappa shape index (κ2) is 7.53. The van der Waals surface area contributed by atoms with Crippen molar-refractivity contribution in [3.05, 3.63) is 40.5 Å². The molecule has 0 bridgehead atoms. The van der Waals surface area contributed by atoms with Crippen LogP contribution in [0.2, 0.25) is 0 Å². The molecule has 0 spiro atoms. The second-order valence-corrected chi connectivity index (χ2v) is 6.49. The van der Waals surface area contributed by atoms with Crippen LogP contribution in [0.25, 0.3) is 6.08 Å². The molecule has 1 aliphatic rings. The lowest BCUT2D eigenvalue weighted by molar-refractivity contribution is -0.274. The molecule has 1 N–H and O–H groups in total. The minimum absolute atomic E-state index is 0.174. The predicted molar refractivity (Wildman–Crippen MR) is 97.7 cm³/mol. The Labute approximate surface area is 157 Å². The van der Waals surface area contributed by atoms with E-state index < -0.39 is 6.36 Å². The molecule has 2 aromatic rings. The number of fused-ring (bicyclic) bond motifs is 1. The lowest BCUT2D eigenvalue weighted by Crippen LogP contribution is -2.28. The summed E-state index contributed by atoms with van der Waals surface area (Å²) in [5.41, 5.74) is 1.48. The molecule has 2 heterocycles. The minimum Gasteiger partial charge on any atom is -0.405 e. The summed E-state index contributed by atoms with van der Waals surface area (Å²) in [6, 6.07) is 4.18. The Morgan fingerprint density at radius 3 is 2.85 bits per heavy atom. The highest BCUT2D eigenvalue weighted by Crippen LogP contribution is 2.33. The molecular formula is C17H16BrF3N4O. The van der Waals surface area contributed by atoms with Gasteiger partial charge in [-0.3, -0.25) is 0 Å². The number of ether oxygens (including phenoxy) is 1. The van der Waals surface area contributed by atoms with E-state index in [0.717, 1.165) is 30.9 Å². The standard InChI is InChI=1S/C17H16BrF3N4O/c1-2-7-25-8-3-4-11-10-22-16(24-15(11)25)23-12-5-6-14(13(18)9-12)26-17(19,20)21/h3-6,9-10H,2,7-8H2,1H3,(H,22,23,24). The van der Waals surface area contributed by atoms with Gasteiger partial charge in [-0.05, 0) is 40.5 Å². The molecule has 138 valence electrons. The van der Waals surface area contributed by atoms with Gasteiger partial charge in [0.15, 0.2) is 0 Å². The molecule has 0 unspecified atom stereocenters. The smallest absolute Gasteiger partial charge is 0.405 e. The first-order valence-electron chi connectivity index (χ1n) is 7.96. The maximum atomic E-state index is 12.3. The van der Waals surface area contributed by atoms with E-state index in [-0.39, 0.29) is 10.2 Å². The van der Waals surface area contributed by atoms with Crippen molar-refractivity contribution in [2.24, 2.45) is 0 Å². The van der Waals surface area contributed by atoms with Gasteiger partial charge >= 0.3 is 6.36 Å². The molecule has 0 saturated heterocycles. The second-order valence-electron chi connectivity index (χ2n) is 5.64. The summed E-state index contributed by atoms with van der Waals surface area (Å²) in [6.45, 7) is 3.76. The van der Waals surface area contributed by atoms with Gasteiger partial charge in [-0.2, -0.15) is 4.98 Å². The molecule has 26 heavy (non-hydrogen) atoms. The first kappa shape index (κ1) is 18.5. The lowest BCUT2D eigenvalue weighted by atomic mass is 10.2. The zero-order valence-electron chi connectivity index (χ0n) is 13.8. The van der Waals surface area contributed by atoms with Gasteiger partial charge in [0.1, 0.15) is 11.6 Å². The zero-order chi connectivity index (χ0) is 18.7. The summed E-state index contributed by atoms with van der Waals surface area (Å²) in [4.78, 5) is 11.0. The number of alkyl halides is 3. The van der Waals surface area contributed by atoms with Crippen molar-refractivity contribution in [1.82, 2.24) is 9.97 Å². The Balaban J connectivity index is 1.80. The highest BCUT2D eigenvalue weighted by Gasteiger charge is 2.32. The fourth-order valence-corrected chi connectivity index (χ4v) is 3.05. The average molecular weight is 429 g/mol. The molecule has 0 atom stereocenters. The number of rotatable bonds is 5. The van der Waals surface area contributed by atoms with Gasteiger partial charge in [0.25, 0.3) is 0 Å². The van der Waals surface area contributed by atoms with Crippen LogP contribution in [0.4, 0.5) is 30.6 Å². The molecule has 5 nitrogen and oxygen atoms in total. The first-order valence-corrected chi connectivity index (χ1v) is 8.76. The van der Waals surface area contributed by atoms with Crippen LogP contribution in [0.5, 0.6) is 5.75 Å². The summed E-state index contributed by atoms with van der Waals surface area (Å²) in [5, 5.41) is 3.01. The maximum absolute atomic E-state index is 12.3. The summed E-state index contributed by atoms with van der Waals surface area (Å²) in [7, 11) is 0. The minimum atomic E-state index is -4.74. The third-order valence-corrected chi connectivity index (χ3v) is 4.25. The van der Waals surface area contributed by atoms with Gasteiger partial charge in [-0.1, -0.05) is 19.1 Å². The number of nitrogens with zero attached hydrogens (tertiary/aromatic N) is 3. The van der Waals surface area contributed by atoms with Crippen molar-refractivity contribution >= 4 is 39.5 Å². The third-order valence-electron chi connectivity index (χ3n) is 3.63. The van der Waals surface area contributed by atoms with E-state index in [1.165, 1.54) is 18.2 Å². The number of hydrogen-bond donors (Lipinski definition) is 1. The summed E-state index contributed by atoms with van der Waals surface area (Å²) < 4.78 is 41.1. The molecule has 3 rings (SSSR count). The normalized spacial score (nSPS) is 13.5. The molecule has 1 aliphatic heterocycles. The van der Waals surface area contributed by atoms with Gasteiger partial charge in [-0.15, -0.1) is 13.2 Å². The molecule has 9 heteroatoms. The van der Waals surface area contributed by atoms with Crippen molar-refractivity contribution in [2.75, 3.05) is 23.3 Å². The number of aromatic nitrogens is 2. The number of halogens is 4. The molecule has 1 aromatic heterocycles. The van der Waals surface area contributed by atoms with Crippen LogP contribution >= 0.6 is 15.9 Å². The van der Waals surface area contributed by atoms with Crippen molar-refractivity contribution in [3.63, 3.8) is 0 Å². The van der Waals surface area contributed by atoms with Gasteiger partial charge in [0, 0.05) is 30.5 Å². The van der Waals surface area contributed by atoms with Crippen LogP contribution in [0.3, 0.4) is 0 Å². The van der Waals surface area contributed by atoms with E-state index in [0.29, 0.717) is 11.6 Å². The van der Waals surface area contributed by atoms with Crippen LogP contribution in [-0.2, 0) is 0 Å². The van der Waals surface area contributed by atoms with Gasteiger partial charge in [0.2, 0.25) is 5.95 Å². The van der Waals surface area contributed by atoms with Crippen LogP contribution in [0, 0.1) is 0 Å². The fourth-order valence-electron chi connectivity index (χ4n) is 2.59. The monoisotopic (exact) mass is 428 g/mol. The molecule has 1 aromatic carbocycles. The third kappa shape index (κ3) is 4.46. The van der Waals surface area contributed by atoms with E-state index in [1.54, 1.807) is 6.20 Å². The molecular weight excluding hydrogens is 413 g/mol. The van der Waals surface area contributed by atoms with Gasteiger partial charge in [-0.25, -0.2) is 4.98 Å². The highest BCUT2D eigenvalue weighted by atomic mass is 79.9. The van der Waals surface area contributed by atoms with Crippen LogP contribution in [0.15, 0.2) is 34.9 Å². The number of hydrogen-bond acceptors (Lipinski definition) is 5. The van der Waals surface area contributed by atoms with Crippen molar-refractivity contribution in [1.29, 1.82) is 0 Å². The van der Waals surface area contributed by atoms with Crippen molar-refractivity contribution in [2.45, 2.75) is 19.7 Å². The Kier molecular flexibility index (Phi) is 5.36. The summed E-state index contributed by atoms with van der Waals surface area (Å²) in [5.74, 6) is 0.896. The van der Waals surface area contributed by atoms with E-state index >= 15 is 0 Å². The topological polar surface area (TPSA) is 50.3 Å². The first-order chi connectivity index (χ1) is 12.4. The van der Waals surface area contributed by atoms with Crippen LogP contribution in [0.1, 0.15) is 18.9 Å². The van der Waals surface area contributed by atoms with Gasteiger partial charge < -0.3 is 15.0 Å². The van der Waals surface area contributed by atoms with Crippen molar-refractivity contribution in [3.8, 4) is 5.75 Å². The zero-order valence-corrected chi connectivity index (χ0v) is 15.4.